The SMILES string of the molecule is CC(CN(CCCN(CC(C)OCCO)CC(C)OCCO)CC(C)OCCO)OCCO. The Morgan fingerprint density at radius 3 is 0.939 bits per heavy atom. The number of aliphatic hydroxyl groups is 4. The molecule has 4 unspecified atom stereocenters. The quantitative estimate of drug-likeness (QED) is 0.144. The average Bonchev–Trinajstić information content (AvgIpc) is 2.78. The molecule has 0 aromatic rings. The number of rotatable bonds is 24. The molecule has 0 saturated carbocycles. The Morgan fingerprint density at radius 1 is 0.485 bits per heavy atom. The van der Waals surface area contributed by atoms with Crippen LogP contribution in [-0.4, -0.2) is 147 Å². The van der Waals surface area contributed by atoms with E-state index in [1.54, 1.807) is 0 Å². The molecule has 0 aliphatic carbocycles. The molecular weight excluding hydrogens is 432 g/mol. The minimum absolute atomic E-state index is 0.00237. The highest BCUT2D eigenvalue weighted by Gasteiger charge is 2.18. The van der Waals surface area contributed by atoms with Gasteiger partial charge in [0.25, 0.3) is 0 Å². The van der Waals surface area contributed by atoms with Crippen LogP contribution in [0.2, 0.25) is 0 Å². The first kappa shape index (κ1) is 32.6. The van der Waals surface area contributed by atoms with Gasteiger partial charge in [-0.15, -0.1) is 0 Å². The summed E-state index contributed by atoms with van der Waals surface area (Å²) in [4.78, 5) is 4.58. The van der Waals surface area contributed by atoms with Crippen LogP contribution in [-0.2, 0) is 18.9 Å². The smallest absolute Gasteiger partial charge is 0.0701 e. The molecule has 200 valence electrons. The second-order valence-corrected chi connectivity index (χ2v) is 8.49. The first-order valence-corrected chi connectivity index (χ1v) is 12.2. The number of ether oxygens (including phenoxy) is 4. The third-order valence-corrected chi connectivity index (χ3v) is 4.98. The largest absolute Gasteiger partial charge is 0.394 e. The fourth-order valence-electron chi connectivity index (χ4n) is 3.71. The van der Waals surface area contributed by atoms with Gasteiger partial charge < -0.3 is 39.4 Å². The van der Waals surface area contributed by atoms with E-state index in [0.29, 0.717) is 26.4 Å². The highest BCUT2D eigenvalue weighted by atomic mass is 16.5. The Kier molecular flexibility index (Phi) is 21.8. The van der Waals surface area contributed by atoms with E-state index in [4.69, 9.17) is 39.4 Å². The summed E-state index contributed by atoms with van der Waals surface area (Å²) in [6.45, 7) is 13.8. The third-order valence-electron chi connectivity index (χ3n) is 4.98. The third kappa shape index (κ3) is 19.6. The lowest BCUT2D eigenvalue weighted by Crippen LogP contribution is -2.42. The fraction of sp³-hybridized carbons (Fsp3) is 1.00. The maximum absolute atomic E-state index is 9.01. The average molecular weight is 483 g/mol. The van der Waals surface area contributed by atoms with Crippen LogP contribution < -0.4 is 0 Å². The summed E-state index contributed by atoms with van der Waals surface area (Å²) in [5.41, 5.74) is 0. The van der Waals surface area contributed by atoms with E-state index in [9.17, 15) is 0 Å². The van der Waals surface area contributed by atoms with Gasteiger partial charge in [-0.1, -0.05) is 0 Å². The van der Waals surface area contributed by atoms with Gasteiger partial charge in [-0.3, -0.25) is 9.80 Å². The van der Waals surface area contributed by atoms with Crippen molar-refractivity contribution in [3.63, 3.8) is 0 Å². The molecule has 0 fully saturated rings. The molecule has 0 amide bonds. The molecule has 0 rings (SSSR count). The van der Waals surface area contributed by atoms with Crippen LogP contribution in [0.1, 0.15) is 34.1 Å². The summed E-state index contributed by atoms with van der Waals surface area (Å²) < 4.78 is 22.5. The number of aliphatic hydroxyl groups excluding tert-OH is 4. The van der Waals surface area contributed by atoms with Gasteiger partial charge >= 0.3 is 0 Å². The summed E-state index contributed by atoms with van der Waals surface area (Å²) >= 11 is 0. The summed E-state index contributed by atoms with van der Waals surface area (Å²) in [6.07, 6.45) is 0.849. The van der Waals surface area contributed by atoms with Crippen molar-refractivity contribution in [2.24, 2.45) is 0 Å². The van der Waals surface area contributed by atoms with Gasteiger partial charge in [0.05, 0.1) is 77.3 Å². The first-order valence-electron chi connectivity index (χ1n) is 12.2. The maximum Gasteiger partial charge on any atom is 0.0701 e. The van der Waals surface area contributed by atoms with Gasteiger partial charge in [0.2, 0.25) is 0 Å². The van der Waals surface area contributed by atoms with Gasteiger partial charge in [-0.05, 0) is 47.2 Å². The molecule has 33 heavy (non-hydrogen) atoms. The summed E-state index contributed by atoms with van der Waals surface area (Å²) in [7, 11) is 0. The van der Waals surface area contributed by atoms with E-state index < -0.39 is 0 Å². The Bertz CT molecular complexity index is 354. The zero-order valence-electron chi connectivity index (χ0n) is 21.2. The van der Waals surface area contributed by atoms with Crippen molar-refractivity contribution in [2.75, 3.05) is 92.1 Å². The van der Waals surface area contributed by atoms with Crippen molar-refractivity contribution in [3.8, 4) is 0 Å². The molecular formula is C23H50N2O8. The van der Waals surface area contributed by atoms with Crippen LogP contribution in [0.4, 0.5) is 0 Å². The number of hydrogen-bond acceptors (Lipinski definition) is 10. The van der Waals surface area contributed by atoms with Crippen LogP contribution in [0.3, 0.4) is 0 Å². The first-order chi connectivity index (χ1) is 15.9. The molecule has 10 heteroatoms. The van der Waals surface area contributed by atoms with Crippen molar-refractivity contribution < 1.29 is 39.4 Å². The Hall–Kier alpha value is -0.400. The van der Waals surface area contributed by atoms with Crippen molar-refractivity contribution >= 4 is 0 Å². The molecule has 0 saturated heterocycles. The molecule has 4 atom stereocenters. The summed E-state index contributed by atoms with van der Waals surface area (Å²) in [5.74, 6) is 0. The zero-order valence-corrected chi connectivity index (χ0v) is 21.2. The molecule has 0 aromatic heterocycles. The van der Waals surface area contributed by atoms with E-state index >= 15 is 0 Å². The van der Waals surface area contributed by atoms with Crippen LogP contribution in [0.15, 0.2) is 0 Å². The maximum atomic E-state index is 9.01. The van der Waals surface area contributed by atoms with Gasteiger partial charge in [0.1, 0.15) is 0 Å². The number of nitrogens with zero attached hydrogens (tertiary/aromatic N) is 2. The van der Waals surface area contributed by atoms with Gasteiger partial charge in [0, 0.05) is 26.2 Å². The van der Waals surface area contributed by atoms with Crippen molar-refractivity contribution in [2.45, 2.75) is 58.5 Å². The second kappa shape index (κ2) is 22.1. The molecule has 0 aliphatic rings. The molecule has 0 heterocycles. The molecule has 10 nitrogen and oxygen atoms in total. The van der Waals surface area contributed by atoms with E-state index in [-0.39, 0.29) is 50.8 Å². The van der Waals surface area contributed by atoms with Gasteiger partial charge in [0.15, 0.2) is 0 Å². The number of hydrogen-bond donors (Lipinski definition) is 4. The summed E-state index contributed by atoms with van der Waals surface area (Å²) in [5, 5.41) is 36.0. The Labute approximate surface area is 200 Å². The molecule has 0 aromatic carbocycles. The topological polar surface area (TPSA) is 124 Å². The van der Waals surface area contributed by atoms with Crippen molar-refractivity contribution in [1.82, 2.24) is 9.80 Å². The predicted molar refractivity (Wildman–Crippen MR) is 127 cm³/mol. The van der Waals surface area contributed by atoms with Crippen LogP contribution >= 0.6 is 0 Å². The van der Waals surface area contributed by atoms with Crippen molar-refractivity contribution in [3.05, 3.63) is 0 Å². The second-order valence-electron chi connectivity index (χ2n) is 8.49. The Balaban J connectivity index is 4.85. The van der Waals surface area contributed by atoms with Crippen molar-refractivity contribution in [1.29, 1.82) is 0 Å². The minimum atomic E-state index is -0.0166. The Morgan fingerprint density at radius 2 is 0.727 bits per heavy atom. The summed E-state index contributed by atoms with van der Waals surface area (Å²) in [6, 6.07) is 0. The molecule has 0 spiro atoms. The molecule has 0 bridgehead atoms. The van der Waals surface area contributed by atoms with E-state index in [0.717, 1.165) is 45.7 Å². The van der Waals surface area contributed by atoms with E-state index in [1.807, 2.05) is 27.7 Å². The normalized spacial score (nSPS) is 15.8. The van der Waals surface area contributed by atoms with Gasteiger partial charge in [-0.25, -0.2) is 0 Å². The van der Waals surface area contributed by atoms with E-state index in [2.05, 4.69) is 9.80 Å². The van der Waals surface area contributed by atoms with Crippen LogP contribution in [0, 0.1) is 0 Å². The fourth-order valence-corrected chi connectivity index (χ4v) is 3.71. The molecule has 0 radical (unpaired) electrons. The zero-order chi connectivity index (χ0) is 24.9. The van der Waals surface area contributed by atoms with Gasteiger partial charge in [-0.2, -0.15) is 0 Å². The van der Waals surface area contributed by atoms with Crippen LogP contribution in [0.25, 0.3) is 0 Å². The predicted octanol–water partition coefficient (Wildman–Crippen LogP) is -0.430. The van der Waals surface area contributed by atoms with Crippen LogP contribution in [0.5, 0.6) is 0 Å². The monoisotopic (exact) mass is 482 g/mol. The highest BCUT2D eigenvalue weighted by molar-refractivity contribution is 4.71. The minimum Gasteiger partial charge on any atom is -0.394 e. The lowest BCUT2D eigenvalue weighted by molar-refractivity contribution is -0.0162. The lowest BCUT2D eigenvalue weighted by atomic mass is 10.2. The highest BCUT2D eigenvalue weighted by Crippen LogP contribution is 2.07. The standard InChI is InChI=1S/C23H50N2O8/c1-20(30-12-8-26)16-24(17-21(2)31-13-9-27)6-5-7-25(18-22(3)32-14-10-28)19-23(4)33-15-11-29/h20-23,26-29H,5-19H2,1-4H3. The lowest BCUT2D eigenvalue weighted by Gasteiger charge is -2.31. The molecule has 4 N–H and O–H groups in total. The molecule has 0 aliphatic heterocycles. The van der Waals surface area contributed by atoms with E-state index in [1.165, 1.54) is 0 Å².